The summed E-state index contributed by atoms with van der Waals surface area (Å²) >= 11 is 0. The lowest BCUT2D eigenvalue weighted by atomic mass is 10.1. The molecule has 0 radical (unpaired) electrons. The minimum atomic E-state index is 0.788. The van der Waals surface area contributed by atoms with E-state index in [9.17, 15) is 0 Å². The number of benzene rings is 1. The van der Waals surface area contributed by atoms with Crippen LogP contribution in [0.15, 0.2) is 10.5 Å². The number of fused-ring (bicyclic) bond motifs is 1. The Balaban J connectivity index is 2.68. The van der Waals surface area contributed by atoms with Gasteiger partial charge < -0.3 is 10.2 Å². The van der Waals surface area contributed by atoms with E-state index >= 15 is 0 Å². The Morgan fingerprint density at radius 3 is 2.80 bits per heavy atom. The van der Waals surface area contributed by atoms with Crippen molar-refractivity contribution >= 4 is 16.8 Å². The van der Waals surface area contributed by atoms with Gasteiger partial charge in [-0.1, -0.05) is 6.92 Å². The van der Waals surface area contributed by atoms with Gasteiger partial charge in [0, 0.05) is 17.7 Å². The monoisotopic (exact) mass is 204 g/mol. The van der Waals surface area contributed by atoms with Crippen LogP contribution >= 0.6 is 0 Å². The molecule has 0 fully saturated rings. The van der Waals surface area contributed by atoms with E-state index < -0.39 is 0 Å². The molecule has 2 N–H and O–H groups in total. The number of nitrogens with two attached hydrogens (primary N) is 1. The lowest BCUT2D eigenvalue weighted by Gasteiger charge is -2.01. The molecule has 0 saturated carbocycles. The quantitative estimate of drug-likeness (QED) is 0.765. The predicted molar refractivity (Wildman–Crippen MR) is 61.9 cm³/mol. The zero-order valence-electron chi connectivity index (χ0n) is 9.42. The maximum absolute atomic E-state index is 5.89. The summed E-state index contributed by atoms with van der Waals surface area (Å²) in [6.45, 7) is 6.09. The third-order valence-electron chi connectivity index (χ3n) is 2.65. The van der Waals surface area contributed by atoms with Crippen molar-refractivity contribution in [1.82, 2.24) is 4.98 Å². The molecule has 1 heterocycles. The first-order valence-corrected chi connectivity index (χ1v) is 5.28. The molecular weight excluding hydrogens is 188 g/mol. The smallest absolute Gasteiger partial charge is 0.195 e. The molecule has 0 amide bonds. The van der Waals surface area contributed by atoms with E-state index in [1.54, 1.807) is 0 Å². The van der Waals surface area contributed by atoms with Crippen LogP contribution in [0.1, 0.15) is 30.4 Å². The lowest BCUT2D eigenvalue weighted by molar-refractivity contribution is 0.524. The zero-order valence-corrected chi connectivity index (χ0v) is 9.42. The van der Waals surface area contributed by atoms with Crippen molar-refractivity contribution in [1.29, 1.82) is 0 Å². The van der Waals surface area contributed by atoms with Crippen LogP contribution in [0.4, 0.5) is 5.69 Å². The Hall–Kier alpha value is -1.51. The van der Waals surface area contributed by atoms with Crippen molar-refractivity contribution in [3.05, 3.63) is 23.1 Å². The number of aromatic nitrogens is 1. The number of anilines is 1. The van der Waals surface area contributed by atoms with E-state index in [0.717, 1.165) is 46.6 Å². The van der Waals surface area contributed by atoms with Gasteiger partial charge in [-0.15, -0.1) is 0 Å². The van der Waals surface area contributed by atoms with E-state index in [1.165, 1.54) is 0 Å². The van der Waals surface area contributed by atoms with Crippen LogP contribution < -0.4 is 5.73 Å². The normalized spacial score (nSPS) is 11.1. The summed E-state index contributed by atoms with van der Waals surface area (Å²) in [5.41, 5.74) is 10.5. The molecule has 2 rings (SSSR count). The van der Waals surface area contributed by atoms with E-state index in [1.807, 2.05) is 19.9 Å². The van der Waals surface area contributed by atoms with Gasteiger partial charge in [0.25, 0.3) is 0 Å². The highest BCUT2D eigenvalue weighted by molar-refractivity contribution is 5.84. The minimum absolute atomic E-state index is 0.788. The fraction of sp³-hybridized carbons (Fsp3) is 0.417. The molecule has 0 aliphatic rings. The molecule has 0 atom stereocenters. The van der Waals surface area contributed by atoms with Crippen LogP contribution in [0.25, 0.3) is 11.1 Å². The summed E-state index contributed by atoms with van der Waals surface area (Å²) in [7, 11) is 0. The first-order valence-electron chi connectivity index (χ1n) is 5.28. The average molecular weight is 204 g/mol. The minimum Gasteiger partial charge on any atom is -0.440 e. The van der Waals surface area contributed by atoms with Gasteiger partial charge in [-0.3, -0.25) is 0 Å². The van der Waals surface area contributed by atoms with Gasteiger partial charge >= 0.3 is 0 Å². The highest BCUT2D eigenvalue weighted by Crippen LogP contribution is 2.27. The van der Waals surface area contributed by atoms with Crippen molar-refractivity contribution in [2.24, 2.45) is 0 Å². The van der Waals surface area contributed by atoms with Crippen LogP contribution in [-0.4, -0.2) is 4.98 Å². The summed E-state index contributed by atoms with van der Waals surface area (Å²) < 4.78 is 5.71. The van der Waals surface area contributed by atoms with Crippen molar-refractivity contribution in [3.63, 3.8) is 0 Å². The Kier molecular flexibility index (Phi) is 2.39. The molecule has 0 unspecified atom stereocenters. The Labute approximate surface area is 89.3 Å². The maximum atomic E-state index is 5.89. The number of nitrogens with zero attached hydrogens (tertiary/aromatic N) is 1. The molecular formula is C12H16N2O. The van der Waals surface area contributed by atoms with Crippen LogP contribution in [0.3, 0.4) is 0 Å². The number of hydrogen-bond acceptors (Lipinski definition) is 3. The maximum Gasteiger partial charge on any atom is 0.195 e. The molecule has 3 heteroatoms. The molecule has 0 spiro atoms. The van der Waals surface area contributed by atoms with Gasteiger partial charge in [0.15, 0.2) is 11.5 Å². The predicted octanol–water partition coefficient (Wildman–Crippen LogP) is 2.98. The summed E-state index contributed by atoms with van der Waals surface area (Å²) in [6, 6.07) is 1.94. The van der Waals surface area contributed by atoms with Crippen molar-refractivity contribution < 1.29 is 4.42 Å². The number of oxazole rings is 1. The van der Waals surface area contributed by atoms with Gasteiger partial charge in [-0.2, -0.15) is 0 Å². The fourth-order valence-corrected chi connectivity index (χ4v) is 1.75. The van der Waals surface area contributed by atoms with E-state index in [2.05, 4.69) is 11.9 Å². The Morgan fingerprint density at radius 1 is 1.40 bits per heavy atom. The second-order valence-corrected chi connectivity index (χ2v) is 3.94. The molecule has 80 valence electrons. The van der Waals surface area contributed by atoms with Gasteiger partial charge in [0.1, 0.15) is 5.52 Å². The SMILES string of the molecule is CCCc1nc2c(C)c(N)cc(C)c2o1. The summed E-state index contributed by atoms with van der Waals surface area (Å²) in [5, 5.41) is 0. The molecule has 0 aliphatic heterocycles. The van der Waals surface area contributed by atoms with Gasteiger partial charge in [-0.25, -0.2) is 4.98 Å². The molecule has 1 aromatic heterocycles. The first-order chi connectivity index (χ1) is 7.13. The first kappa shape index (κ1) is 10.0. The third-order valence-corrected chi connectivity index (χ3v) is 2.65. The second kappa shape index (κ2) is 3.57. The second-order valence-electron chi connectivity index (χ2n) is 3.94. The van der Waals surface area contributed by atoms with Crippen molar-refractivity contribution in [2.45, 2.75) is 33.6 Å². The molecule has 0 bridgehead atoms. The van der Waals surface area contributed by atoms with Crippen LogP contribution in [-0.2, 0) is 6.42 Å². The Morgan fingerprint density at radius 2 is 2.13 bits per heavy atom. The summed E-state index contributed by atoms with van der Waals surface area (Å²) in [6.07, 6.45) is 1.92. The van der Waals surface area contributed by atoms with Crippen molar-refractivity contribution in [2.75, 3.05) is 5.73 Å². The molecule has 3 nitrogen and oxygen atoms in total. The molecule has 1 aromatic carbocycles. The number of rotatable bonds is 2. The highest BCUT2D eigenvalue weighted by Gasteiger charge is 2.11. The lowest BCUT2D eigenvalue weighted by Crippen LogP contribution is -1.91. The molecule has 0 saturated heterocycles. The highest BCUT2D eigenvalue weighted by atomic mass is 16.3. The van der Waals surface area contributed by atoms with Crippen LogP contribution in [0.2, 0.25) is 0 Å². The Bertz CT molecular complexity index is 500. The molecule has 2 aromatic rings. The summed E-state index contributed by atoms with van der Waals surface area (Å²) in [4.78, 5) is 4.48. The summed E-state index contributed by atoms with van der Waals surface area (Å²) in [5.74, 6) is 0.810. The van der Waals surface area contributed by atoms with E-state index in [4.69, 9.17) is 10.2 Å². The average Bonchev–Trinajstić information content (AvgIpc) is 2.60. The van der Waals surface area contributed by atoms with Crippen LogP contribution in [0, 0.1) is 13.8 Å². The van der Waals surface area contributed by atoms with Gasteiger partial charge in [0.2, 0.25) is 0 Å². The molecule has 15 heavy (non-hydrogen) atoms. The fourth-order valence-electron chi connectivity index (χ4n) is 1.75. The number of nitrogen functional groups attached to an aromatic ring is 1. The van der Waals surface area contributed by atoms with Gasteiger partial charge in [-0.05, 0) is 31.9 Å². The van der Waals surface area contributed by atoms with Crippen molar-refractivity contribution in [3.8, 4) is 0 Å². The van der Waals surface area contributed by atoms with E-state index in [0.29, 0.717) is 0 Å². The van der Waals surface area contributed by atoms with Gasteiger partial charge in [0.05, 0.1) is 0 Å². The zero-order chi connectivity index (χ0) is 11.0. The van der Waals surface area contributed by atoms with Crippen LogP contribution in [0.5, 0.6) is 0 Å². The largest absolute Gasteiger partial charge is 0.440 e. The topological polar surface area (TPSA) is 52.0 Å². The third kappa shape index (κ3) is 1.58. The van der Waals surface area contributed by atoms with E-state index in [-0.39, 0.29) is 0 Å². The number of aryl methyl sites for hydroxylation is 3. The molecule has 0 aliphatic carbocycles. The standard InChI is InChI=1S/C12H16N2O/c1-4-5-10-14-11-8(3)9(13)6-7(2)12(11)15-10/h6H,4-5,13H2,1-3H3. The number of hydrogen-bond donors (Lipinski definition) is 1.